The van der Waals surface area contributed by atoms with Gasteiger partial charge in [-0.05, 0) is 24.6 Å². The zero-order chi connectivity index (χ0) is 14.5. The number of aromatic nitrogens is 3. The van der Waals surface area contributed by atoms with Crippen LogP contribution >= 0.6 is 0 Å². The van der Waals surface area contributed by atoms with Crippen molar-refractivity contribution in [2.75, 3.05) is 5.32 Å². The second kappa shape index (κ2) is 6.22. The molecule has 0 fully saturated rings. The number of nitrogens with one attached hydrogen (secondary N) is 1. The molecule has 21 heavy (non-hydrogen) atoms. The summed E-state index contributed by atoms with van der Waals surface area (Å²) in [6.07, 6.45) is 5.77. The van der Waals surface area contributed by atoms with Crippen molar-refractivity contribution in [2.24, 2.45) is 0 Å². The normalized spacial score (nSPS) is 12.0. The number of nitrogens with zero attached hydrogens (tertiary/aromatic N) is 3. The van der Waals surface area contributed by atoms with Gasteiger partial charge in [0, 0.05) is 18.0 Å². The van der Waals surface area contributed by atoms with E-state index in [1.165, 1.54) is 5.56 Å². The van der Waals surface area contributed by atoms with E-state index in [1.54, 1.807) is 6.20 Å². The van der Waals surface area contributed by atoms with Gasteiger partial charge < -0.3 is 5.32 Å². The molecule has 2 heterocycles. The fraction of sp³-hybridized carbons (Fsp3) is 0.176. The molecule has 0 saturated heterocycles. The summed E-state index contributed by atoms with van der Waals surface area (Å²) in [6, 6.07) is 16.4. The van der Waals surface area contributed by atoms with E-state index in [9.17, 15) is 0 Å². The van der Waals surface area contributed by atoms with Gasteiger partial charge in [0.05, 0.1) is 18.8 Å². The second-order valence-electron chi connectivity index (χ2n) is 5.04. The predicted octanol–water partition coefficient (Wildman–Crippen LogP) is 3.50. The number of pyridine rings is 1. The Labute approximate surface area is 124 Å². The van der Waals surface area contributed by atoms with Crippen LogP contribution in [-0.4, -0.2) is 14.8 Å². The van der Waals surface area contributed by atoms with Crippen molar-refractivity contribution in [3.63, 3.8) is 0 Å². The average molecular weight is 278 g/mol. The Hall–Kier alpha value is -2.62. The summed E-state index contributed by atoms with van der Waals surface area (Å²) in [4.78, 5) is 4.28. The topological polar surface area (TPSA) is 42.7 Å². The lowest BCUT2D eigenvalue weighted by molar-refractivity contribution is 0.685. The highest BCUT2D eigenvalue weighted by molar-refractivity contribution is 5.36. The molecule has 0 radical (unpaired) electrons. The van der Waals surface area contributed by atoms with Crippen LogP contribution in [0.1, 0.15) is 24.1 Å². The van der Waals surface area contributed by atoms with E-state index in [1.807, 2.05) is 47.3 Å². The van der Waals surface area contributed by atoms with Crippen molar-refractivity contribution in [3.05, 3.63) is 78.2 Å². The van der Waals surface area contributed by atoms with E-state index in [0.29, 0.717) is 0 Å². The number of hydrogen-bond donors (Lipinski definition) is 1. The van der Waals surface area contributed by atoms with E-state index in [0.717, 1.165) is 17.9 Å². The fourth-order valence-corrected chi connectivity index (χ4v) is 2.21. The van der Waals surface area contributed by atoms with Gasteiger partial charge in [0.1, 0.15) is 5.82 Å². The minimum absolute atomic E-state index is 0.171. The van der Waals surface area contributed by atoms with Crippen LogP contribution < -0.4 is 5.32 Å². The van der Waals surface area contributed by atoms with Gasteiger partial charge in [-0.1, -0.05) is 36.4 Å². The number of rotatable bonds is 5. The maximum absolute atomic E-state index is 4.43. The first-order valence-corrected chi connectivity index (χ1v) is 7.05. The standard InChI is InChI=1S/C17H18N4/c1-14(20-17-9-5-6-10-18-17)16-11-19-21(13-16)12-15-7-3-2-4-8-15/h2-11,13-14H,12H2,1H3,(H,18,20). The molecule has 3 rings (SSSR count). The van der Waals surface area contributed by atoms with Gasteiger partial charge in [-0.3, -0.25) is 4.68 Å². The molecule has 3 aromatic rings. The lowest BCUT2D eigenvalue weighted by Gasteiger charge is -2.12. The molecule has 0 spiro atoms. The van der Waals surface area contributed by atoms with Crippen LogP contribution in [0.25, 0.3) is 0 Å². The maximum atomic E-state index is 4.43. The summed E-state index contributed by atoms with van der Waals surface area (Å²) in [7, 11) is 0. The monoisotopic (exact) mass is 278 g/mol. The SMILES string of the molecule is CC(Nc1ccccn1)c1cnn(Cc2ccccc2)c1. The third kappa shape index (κ3) is 3.48. The molecule has 0 bridgehead atoms. The molecule has 0 saturated carbocycles. The van der Waals surface area contributed by atoms with E-state index < -0.39 is 0 Å². The fourth-order valence-electron chi connectivity index (χ4n) is 2.21. The first-order chi connectivity index (χ1) is 10.3. The number of anilines is 1. The van der Waals surface area contributed by atoms with Crippen molar-refractivity contribution >= 4 is 5.82 Å². The van der Waals surface area contributed by atoms with Crippen LogP contribution in [0.4, 0.5) is 5.82 Å². The molecule has 0 aliphatic carbocycles. The summed E-state index contributed by atoms with van der Waals surface area (Å²) < 4.78 is 1.96. The van der Waals surface area contributed by atoms with E-state index in [4.69, 9.17) is 0 Å². The van der Waals surface area contributed by atoms with E-state index in [-0.39, 0.29) is 6.04 Å². The van der Waals surface area contributed by atoms with Crippen LogP contribution in [0.15, 0.2) is 67.1 Å². The maximum Gasteiger partial charge on any atom is 0.126 e. The molecule has 1 N–H and O–H groups in total. The summed E-state index contributed by atoms with van der Waals surface area (Å²) >= 11 is 0. The summed E-state index contributed by atoms with van der Waals surface area (Å²) in [5, 5.41) is 7.80. The Balaban J connectivity index is 1.67. The zero-order valence-corrected chi connectivity index (χ0v) is 12.0. The lowest BCUT2D eigenvalue weighted by atomic mass is 10.2. The van der Waals surface area contributed by atoms with E-state index in [2.05, 4.69) is 40.7 Å². The molecule has 4 nitrogen and oxygen atoms in total. The number of benzene rings is 1. The van der Waals surface area contributed by atoms with Gasteiger partial charge in [0.2, 0.25) is 0 Å². The van der Waals surface area contributed by atoms with Gasteiger partial charge in [-0.15, -0.1) is 0 Å². The van der Waals surface area contributed by atoms with Gasteiger partial charge in [0.15, 0.2) is 0 Å². The van der Waals surface area contributed by atoms with Crippen LogP contribution in [-0.2, 0) is 6.54 Å². The Morgan fingerprint density at radius 2 is 1.90 bits per heavy atom. The predicted molar refractivity (Wildman–Crippen MR) is 84.0 cm³/mol. The highest BCUT2D eigenvalue weighted by Crippen LogP contribution is 2.17. The molecule has 1 aromatic carbocycles. The Morgan fingerprint density at radius 3 is 2.67 bits per heavy atom. The highest BCUT2D eigenvalue weighted by atomic mass is 15.3. The molecule has 1 atom stereocenters. The average Bonchev–Trinajstić information content (AvgIpc) is 2.98. The molecular formula is C17H18N4. The molecule has 0 aliphatic heterocycles. The summed E-state index contributed by atoms with van der Waals surface area (Å²) in [6.45, 7) is 2.90. The van der Waals surface area contributed by atoms with Crippen molar-refractivity contribution < 1.29 is 0 Å². The molecule has 106 valence electrons. The Kier molecular flexibility index (Phi) is 3.96. The van der Waals surface area contributed by atoms with Crippen LogP contribution in [0, 0.1) is 0 Å². The van der Waals surface area contributed by atoms with Crippen molar-refractivity contribution in [3.8, 4) is 0 Å². The van der Waals surface area contributed by atoms with Crippen molar-refractivity contribution in [1.82, 2.24) is 14.8 Å². The van der Waals surface area contributed by atoms with Crippen LogP contribution in [0.3, 0.4) is 0 Å². The Bertz CT molecular complexity index is 676. The molecular weight excluding hydrogens is 260 g/mol. The van der Waals surface area contributed by atoms with E-state index >= 15 is 0 Å². The van der Waals surface area contributed by atoms with Gasteiger partial charge >= 0.3 is 0 Å². The van der Waals surface area contributed by atoms with Crippen molar-refractivity contribution in [1.29, 1.82) is 0 Å². The molecule has 1 unspecified atom stereocenters. The zero-order valence-electron chi connectivity index (χ0n) is 12.0. The summed E-state index contributed by atoms with van der Waals surface area (Å²) in [5.74, 6) is 0.876. The minimum Gasteiger partial charge on any atom is -0.363 e. The largest absolute Gasteiger partial charge is 0.363 e. The molecule has 2 aromatic heterocycles. The second-order valence-corrected chi connectivity index (χ2v) is 5.04. The molecule has 0 aliphatic rings. The smallest absolute Gasteiger partial charge is 0.126 e. The van der Waals surface area contributed by atoms with Gasteiger partial charge in [-0.25, -0.2) is 4.98 Å². The third-order valence-corrected chi connectivity index (χ3v) is 3.37. The van der Waals surface area contributed by atoms with Crippen LogP contribution in [0.2, 0.25) is 0 Å². The minimum atomic E-state index is 0.171. The van der Waals surface area contributed by atoms with Gasteiger partial charge in [-0.2, -0.15) is 5.10 Å². The first-order valence-electron chi connectivity index (χ1n) is 7.05. The number of hydrogen-bond acceptors (Lipinski definition) is 3. The van der Waals surface area contributed by atoms with Crippen molar-refractivity contribution in [2.45, 2.75) is 19.5 Å². The quantitative estimate of drug-likeness (QED) is 0.776. The molecule has 0 amide bonds. The van der Waals surface area contributed by atoms with Crippen LogP contribution in [0.5, 0.6) is 0 Å². The highest BCUT2D eigenvalue weighted by Gasteiger charge is 2.08. The lowest BCUT2D eigenvalue weighted by Crippen LogP contribution is -2.07. The van der Waals surface area contributed by atoms with Gasteiger partial charge in [0.25, 0.3) is 0 Å². The first kappa shape index (κ1) is 13.4. The summed E-state index contributed by atoms with van der Waals surface area (Å²) in [5.41, 5.74) is 2.40. The molecule has 4 heteroatoms. The third-order valence-electron chi connectivity index (χ3n) is 3.37. The Morgan fingerprint density at radius 1 is 1.10 bits per heavy atom.